The van der Waals surface area contributed by atoms with Crippen molar-refractivity contribution in [1.82, 2.24) is 0 Å². The van der Waals surface area contributed by atoms with E-state index in [2.05, 4.69) is 32.6 Å². The summed E-state index contributed by atoms with van der Waals surface area (Å²) in [5, 5.41) is 20.2. The lowest BCUT2D eigenvalue weighted by Gasteiger charge is -2.16. The molecule has 0 radical (unpaired) electrons. The number of aliphatic hydroxyl groups is 2. The minimum Gasteiger partial charge on any atom is -0.356 e. The van der Waals surface area contributed by atoms with Gasteiger partial charge in [0, 0.05) is 12.3 Å². The first-order valence-corrected chi connectivity index (χ1v) is 12.5. The fourth-order valence-electron chi connectivity index (χ4n) is 3.71. The lowest BCUT2D eigenvalue weighted by Crippen LogP contribution is -2.25. The zero-order valence-electron chi connectivity index (χ0n) is 19.4. The number of rotatable bonds is 19. The van der Waals surface area contributed by atoms with E-state index in [1.807, 2.05) is 0 Å². The van der Waals surface area contributed by atoms with Gasteiger partial charge in [0.2, 0.25) is 5.79 Å². The summed E-state index contributed by atoms with van der Waals surface area (Å²) in [4.78, 5) is 0. The highest BCUT2D eigenvalue weighted by molar-refractivity contribution is 5.11. The van der Waals surface area contributed by atoms with Crippen LogP contribution in [0.15, 0.2) is 0 Å². The van der Waals surface area contributed by atoms with Crippen LogP contribution < -0.4 is 0 Å². The molecule has 0 spiro atoms. The molecule has 2 N–H and O–H groups in total. The summed E-state index contributed by atoms with van der Waals surface area (Å²) in [6.45, 7) is 6.62. The van der Waals surface area contributed by atoms with Crippen LogP contribution in [0.25, 0.3) is 0 Å². The van der Waals surface area contributed by atoms with Crippen LogP contribution in [0.2, 0.25) is 0 Å². The molecule has 0 rings (SSSR count). The van der Waals surface area contributed by atoms with Crippen LogP contribution in [0.3, 0.4) is 0 Å². The fourth-order valence-corrected chi connectivity index (χ4v) is 3.71. The summed E-state index contributed by atoms with van der Waals surface area (Å²) < 4.78 is 0. The number of unbranched alkanes of at least 4 members (excludes halogenated alkanes) is 13. The molecule has 0 fully saturated rings. The highest BCUT2D eigenvalue weighted by Crippen LogP contribution is 2.19. The summed E-state index contributed by atoms with van der Waals surface area (Å²) in [6, 6.07) is 0. The van der Waals surface area contributed by atoms with E-state index in [1.165, 1.54) is 83.5 Å². The van der Waals surface area contributed by atoms with Gasteiger partial charge in [-0.2, -0.15) is 0 Å². The summed E-state index contributed by atoms with van der Waals surface area (Å²) in [7, 11) is 0. The molecule has 0 bridgehead atoms. The Morgan fingerprint density at radius 3 is 1.50 bits per heavy atom. The molecule has 2 heteroatoms. The zero-order chi connectivity index (χ0) is 20.9. The molecule has 1 atom stereocenters. The third-order valence-electron chi connectivity index (χ3n) is 5.67. The van der Waals surface area contributed by atoms with Gasteiger partial charge < -0.3 is 10.2 Å². The predicted octanol–water partition coefficient (Wildman–Crippen LogP) is 7.76. The molecular formula is C26H50O2. The monoisotopic (exact) mass is 394 g/mol. The lowest BCUT2D eigenvalue weighted by atomic mass is 9.94. The second-order valence-electron chi connectivity index (χ2n) is 8.71. The second kappa shape index (κ2) is 19.8. The average Bonchev–Trinajstić information content (AvgIpc) is 2.67. The van der Waals surface area contributed by atoms with Gasteiger partial charge in [-0.1, -0.05) is 123 Å². The molecule has 0 aliphatic carbocycles. The van der Waals surface area contributed by atoms with E-state index in [-0.39, 0.29) is 0 Å². The first kappa shape index (κ1) is 27.5. The van der Waals surface area contributed by atoms with E-state index in [0.717, 1.165) is 32.1 Å². The molecule has 0 aromatic heterocycles. The smallest absolute Gasteiger partial charge is 0.228 e. The maximum Gasteiger partial charge on any atom is 0.228 e. The Morgan fingerprint density at radius 1 is 0.571 bits per heavy atom. The highest BCUT2D eigenvalue weighted by atomic mass is 16.5. The third-order valence-corrected chi connectivity index (χ3v) is 5.67. The molecule has 0 amide bonds. The van der Waals surface area contributed by atoms with E-state index >= 15 is 0 Å². The van der Waals surface area contributed by atoms with Gasteiger partial charge in [-0.3, -0.25) is 0 Å². The van der Waals surface area contributed by atoms with Crippen molar-refractivity contribution in [3.8, 4) is 11.8 Å². The van der Waals surface area contributed by atoms with Crippen LogP contribution in [0.5, 0.6) is 0 Å². The van der Waals surface area contributed by atoms with E-state index < -0.39 is 5.79 Å². The summed E-state index contributed by atoms with van der Waals surface area (Å²) in [6.07, 6.45) is 22.7. The van der Waals surface area contributed by atoms with Crippen molar-refractivity contribution < 1.29 is 10.2 Å². The van der Waals surface area contributed by atoms with Gasteiger partial charge in [0.25, 0.3) is 0 Å². The van der Waals surface area contributed by atoms with Crippen LogP contribution in [0, 0.1) is 17.8 Å². The second-order valence-corrected chi connectivity index (χ2v) is 8.71. The molecule has 0 aliphatic heterocycles. The molecule has 166 valence electrons. The quantitative estimate of drug-likeness (QED) is 0.133. The van der Waals surface area contributed by atoms with Gasteiger partial charge in [-0.05, 0) is 25.2 Å². The van der Waals surface area contributed by atoms with Crippen molar-refractivity contribution in [3.05, 3.63) is 0 Å². The molecule has 0 saturated heterocycles. The number of hydrogen-bond acceptors (Lipinski definition) is 2. The first-order valence-electron chi connectivity index (χ1n) is 12.5. The molecule has 1 unspecified atom stereocenters. The Morgan fingerprint density at radius 2 is 0.964 bits per heavy atom. The summed E-state index contributed by atoms with van der Waals surface area (Å²) in [5.74, 6) is 4.55. The molecule has 0 aromatic carbocycles. The molecule has 0 aromatic rings. The van der Waals surface area contributed by atoms with Crippen LogP contribution >= 0.6 is 0 Å². The van der Waals surface area contributed by atoms with Gasteiger partial charge in [0.1, 0.15) is 0 Å². The molecule has 0 heterocycles. The molecular weight excluding hydrogens is 344 g/mol. The van der Waals surface area contributed by atoms with Crippen LogP contribution in [0.4, 0.5) is 0 Å². The minimum absolute atomic E-state index is 0.324. The van der Waals surface area contributed by atoms with Gasteiger partial charge in [0.15, 0.2) is 0 Å². The Balaban J connectivity index is 4.10. The average molecular weight is 395 g/mol. The minimum atomic E-state index is -1.80. The zero-order valence-corrected chi connectivity index (χ0v) is 19.4. The normalized spacial score (nSPS) is 12.6. The van der Waals surface area contributed by atoms with Crippen molar-refractivity contribution in [1.29, 1.82) is 0 Å². The largest absolute Gasteiger partial charge is 0.356 e. The van der Waals surface area contributed by atoms with Crippen LogP contribution in [-0.4, -0.2) is 16.0 Å². The van der Waals surface area contributed by atoms with Gasteiger partial charge >= 0.3 is 0 Å². The molecule has 0 aliphatic rings. The first-order chi connectivity index (χ1) is 13.6. The van der Waals surface area contributed by atoms with Crippen molar-refractivity contribution in [2.24, 2.45) is 5.92 Å². The topological polar surface area (TPSA) is 40.5 Å². The van der Waals surface area contributed by atoms with Crippen LogP contribution in [-0.2, 0) is 0 Å². The van der Waals surface area contributed by atoms with Crippen molar-refractivity contribution in [3.63, 3.8) is 0 Å². The van der Waals surface area contributed by atoms with E-state index in [0.29, 0.717) is 12.3 Å². The molecule has 2 nitrogen and oxygen atoms in total. The summed E-state index contributed by atoms with van der Waals surface area (Å²) in [5.41, 5.74) is 0. The summed E-state index contributed by atoms with van der Waals surface area (Å²) >= 11 is 0. The van der Waals surface area contributed by atoms with Gasteiger partial charge in [0.05, 0.1) is 0 Å². The highest BCUT2D eigenvalue weighted by Gasteiger charge is 2.19. The predicted molar refractivity (Wildman–Crippen MR) is 123 cm³/mol. The van der Waals surface area contributed by atoms with Crippen molar-refractivity contribution >= 4 is 0 Å². The standard InChI is InChI=1S/C26H50O2/c1-4-7-10-11-12-13-14-15-16-18-21-25(20-17-8-5-2)22-24-26(27,28)23-19-9-6-3/h25,27-28H,4-21,23H2,1-3H3. The van der Waals surface area contributed by atoms with Crippen LogP contribution in [0.1, 0.15) is 143 Å². The van der Waals surface area contributed by atoms with Gasteiger partial charge in [-0.15, -0.1) is 0 Å². The van der Waals surface area contributed by atoms with Gasteiger partial charge in [-0.25, -0.2) is 0 Å². The lowest BCUT2D eigenvalue weighted by molar-refractivity contribution is -0.115. The van der Waals surface area contributed by atoms with Crippen molar-refractivity contribution in [2.45, 2.75) is 149 Å². The molecule has 28 heavy (non-hydrogen) atoms. The maximum atomic E-state index is 10.1. The Hall–Kier alpha value is -0.520. The number of hydrogen-bond donors (Lipinski definition) is 2. The Labute approximate surface area is 176 Å². The molecule has 0 saturated carbocycles. The maximum absolute atomic E-state index is 10.1. The fraction of sp³-hybridized carbons (Fsp3) is 0.923. The SMILES string of the molecule is CCCCCCCCCCCCC(C#CC(O)(O)CCCCC)CCCCC. The van der Waals surface area contributed by atoms with E-state index in [9.17, 15) is 10.2 Å². The third kappa shape index (κ3) is 18.8. The van der Waals surface area contributed by atoms with E-state index in [4.69, 9.17) is 0 Å². The van der Waals surface area contributed by atoms with Crippen molar-refractivity contribution in [2.75, 3.05) is 0 Å². The van der Waals surface area contributed by atoms with E-state index in [1.54, 1.807) is 0 Å². The Bertz CT molecular complexity index is 378. The Kier molecular flexibility index (Phi) is 19.4.